The lowest BCUT2D eigenvalue weighted by atomic mass is 10.1. The second-order valence-electron chi connectivity index (χ2n) is 10.3. The minimum absolute atomic E-state index is 0.0184. The normalized spacial score (nSPS) is 11.1. The van der Waals surface area contributed by atoms with Gasteiger partial charge in [0, 0.05) is 31.8 Å². The molecule has 2 heterocycles. The van der Waals surface area contributed by atoms with Crippen molar-refractivity contribution in [2.24, 2.45) is 14.1 Å². The third kappa shape index (κ3) is 6.50. The average Bonchev–Trinajstić information content (AvgIpc) is 3.44. The number of ether oxygens (including phenoxy) is 5. The highest BCUT2D eigenvalue weighted by atomic mass is 79.9. The molecule has 0 radical (unpaired) electrons. The molecule has 0 unspecified atom stereocenters. The minimum Gasteiger partial charge on any atom is -0.487 e. The lowest BCUT2D eigenvalue weighted by Gasteiger charge is -2.12. The zero-order chi connectivity index (χ0) is 33.1. The molecule has 0 bridgehead atoms. The molecule has 12 heteroatoms. The van der Waals surface area contributed by atoms with Crippen molar-refractivity contribution in [2.75, 3.05) is 13.2 Å². The van der Waals surface area contributed by atoms with Crippen molar-refractivity contribution in [1.82, 2.24) is 9.13 Å². The maximum absolute atomic E-state index is 13.3. The number of carbonyl (C=O) groups is 3. The van der Waals surface area contributed by atoms with Gasteiger partial charge in [0.05, 0.1) is 55.7 Å². The fraction of sp³-hybridized carbons (Fsp3) is 0.265. The van der Waals surface area contributed by atoms with Crippen LogP contribution >= 0.6 is 31.9 Å². The lowest BCUT2D eigenvalue weighted by Crippen LogP contribution is -2.11. The topological polar surface area (TPSA) is 107 Å². The largest absolute Gasteiger partial charge is 0.487 e. The molecule has 5 rings (SSSR count). The molecule has 10 nitrogen and oxygen atoms in total. The van der Waals surface area contributed by atoms with Crippen molar-refractivity contribution in [3.8, 4) is 17.2 Å². The molecule has 0 spiro atoms. The van der Waals surface area contributed by atoms with E-state index in [1.807, 2.05) is 59.6 Å². The smallest absolute Gasteiger partial charge is 0.340 e. The van der Waals surface area contributed by atoms with Crippen LogP contribution in [-0.4, -0.2) is 40.3 Å². The Balaban J connectivity index is 1.57. The van der Waals surface area contributed by atoms with Crippen LogP contribution in [0.3, 0.4) is 0 Å². The molecule has 0 aliphatic carbocycles. The van der Waals surface area contributed by atoms with E-state index >= 15 is 0 Å². The third-order valence-corrected chi connectivity index (χ3v) is 8.68. The fourth-order valence-corrected chi connectivity index (χ4v) is 6.19. The van der Waals surface area contributed by atoms with E-state index in [0.29, 0.717) is 59.2 Å². The van der Waals surface area contributed by atoms with E-state index in [1.165, 1.54) is 6.92 Å². The first-order valence-electron chi connectivity index (χ1n) is 14.5. The van der Waals surface area contributed by atoms with Crippen molar-refractivity contribution < 1.29 is 38.1 Å². The van der Waals surface area contributed by atoms with E-state index in [-0.39, 0.29) is 32.2 Å². The summed E-state index contributed by atoms with van der Waals surface area (Å²) in [5, 5.41) is 1.17. The zero-order valence-electron chi connectivity index (χ0n) is 25.9. The van der Waals surface area contributed by atoms with Gasteiger partial charge in [-0.3, -0.25) is 4.79 Å². The van der Waals surface area contributed by atoms with Gasteiger partial charge in [-0.05, 0) is 82.1 Å². The Morgan fingerprint density at radius 2 is 1.17 bits per heavy atom. The average molecular weight is 756 g/mol. The van der Waals surface area contributed by atoms with E-state index in [1.54, 1.807) is 32.0 Å². The van der Waals surface area contributed by atoms with Crippen LogP contribution in [-0.2, 0) is 41.6 Å². The van der Waals surface area contributed by atoms with Crippen molar-refractivity contribution in [3.63, 3.8) is 0 Å². The molecule has 0 amide bonds. The SMILES string of the molecule is CCOC(=O)c1c(COc2ccccc2)n(C)c2cc(Br)c(OCc3c(C(=O)OCC)c4cc(OC(C)=O)c(Br)cc4n3C)cc12. The van der Waals surface area contributed by atoms with Crippen molar-refractivity contribution in [2.45, 2.75) is 34.0 Å². The number of carbonyl (C=O) groups excluding carboxylic acids is 3. The summed E-state index contributed by atoms with van der Waals surface area (Å²) in [5.74, 6) is -0.101. The Morgan fingerprint density at radius 3 is 1.67 bits per heavy atom. The Labute approximate surface area is 282 Å². The molecule has 0 aliphatic heterocycles. The van der Waals surface area contributed by atoms with Gasteiger partial charge in [-0.1, -0.05) is 18.2 Å². The summed E-state index contributed by atoms with van der Waals surface area (Å²) in [6, 6.07) is 16.4. The van der Waals surface area contributed by atoms with E-state index in [0.717, 1.165) is 5.52 Å². The number of aromatic nitrogens is 2. The molecule has 3 aromatic carbocycles. The first-order valence-corrected chi connectivity index (χ1v) is 16.1. The molecule has 2 aromatic heterocycles. The van der Waals surface area contributed by atoms with Gasteiger partial charge < -0.3 is 32.8 Å². The zero-order valence-corrected chi connectivity index (χ0v) is 29.1. The molecular formula is C34H32Br2N2O8. The highest BCUT2D eigenvalue weighted by molar-refractivity contribution is 9.11. The molecule has 240 valence electrons. The van der Waals surface area contributed by atoms with Crippen LogP contribution in [0.1, 0.15) is 52.9 Å². The first kappa shape index (κ1) is 33.1. The third-order valence-electron chi connectivity index (χ3n) is 7.44. The predicted octanol–water partition coefficient (Wildman–Crippen LogP) is 7.63. The highest BCUT2D eigenvalue weighted by Crippen LogP contribution is 2.38. The van der Waals surface area contributed by atoms with Crippen LogP contribution in [0.2, 0.25) is 0 Å². The lowest BCUT2D eigenvalue weighted by molar-refractivity contribution is -0.131. The Hall–Kier alpha value is -4.29. The van der Waals surface area contributed by atoms with Gasteiger partial charge in [-0.15, -0.1) is 0 Å². The maximum atomic E-state index is 13.3. The Bertz CT molecular complexity index is 1960. The molecule has 0 saturated heterocycles. The summed E-state index contributed by atoms with van der Waals surface area (Å²) in [6.07, 6.45) is 0. The summed E-state index contributed by atoms with van der Waals surface area (Å²) >= 11 is 7.09. The summed E-state index contributed by atoms with van der Waals surface area (Å²) in [7, 11) is 3.68. The molecule has 46 heavy (non-hydrogen) atoms. The van der Waals surface area contributed by atoms with Crippen LogP contribution < -0.4 is 14.2 Å². The van der Waals surface area contributed by atoms with E-state index in [9.17, 15) is 14.4 Å². The van der Waals surface area contributed by atoms with Crippen LogP contribution in [0.25, 0.3) is 21.8 Å². The van der Waals surface area contributed by atoms with Gasteiger partial charge in [0.15, 0.2) is 0 Å². The second kappa shape index (κ2) is 14.0. The number of para-hydroxylation sites is 1. The number of rotatable bonds is 11. The summed E-state index contributed by atoms with van der Waals surface area (Å²) in [4.78, 5) is 38.3. The number of hydrogen-bond donors (Lipinski definition) is 0. The van der Waals surface area contributed by atoms with Gasteiger partial charge in [-0.25, -0.2) is 9.59 Å². The second-order valence-corrected chi connectivity index (χ2v) is 12.0. The van der Waals surface area contributed by atoms with Gasteiger partial charge >= 0.3 is 17.9 Å². The molecule has 0 N–H and O–H groups in total. The van der Waals surface area contributed by atoms with Gasteiger partial charge in [0.1, 0.15) is 30.5 Å². The standard InChI is InChI=1S/C34H32Br2N2O8/c1-6-42-33(40)31-21-13-29(23(35)15-25(21)37(4)27(31)17-44-20-11-9-8-10-12-20)45-18-28-32(34(41)43-7-2)22-14-30(46-19(3)39)24(36)16-26(22)38(28)5/h8-16H,6-7,17-18H2,1-5H3. The van der Waals surface area contributed by atoms with Gasteiger partial charge in [-0.2, -0.15) is 0 Å². The summed E-state index contributed by atoms with van der Waals surface area (Å²) in [6.45, 7) is 5.30. The number of benzene rings is 3. The summed E-state index contributed by atoms with van der Waals surface area (Å²) in [5.41, 5.74) is 3.34. The first-order chi connectivity index (χ1) is 22.0. The van der Waals surface area contributed by atoms with Crippen molar-refractivity contribution >= 4 is 71.6 Å². The van der Waals surface area contributed by atoms with E-state index in [2.05, 4.69) is 31.9 Å². The molecule has 5 aromatic rings. The van der Waals surface area contributed by atoms with Gasteiger partial charge in [0.25, 0.3) is 0 Å². The van der Waals surface area contributed by atoms with Crippen LogP contribution in [0.4, 0.5) is 0 Å². The highest BCUT2D eigenvalue weighted by Gasteiger charge is 2.27. The van der Waals surface area contributed by atoms with Crippen molar-refractivity contribution in [3.05, 3.63) is 86.1 Å². The quantitative estimate of drug-likeness (QED) is 0.100. The predicted molar refractivity (Wildman–Crippen MR) is 180 cm³/mol. The van der Waals surface area contributed by atoms with Crippen LogP contribution in [0.15, 0.2) is 63.5 Å². The number of aryl methyl sites for hydroxylation is 2. The number of hydrogen-bond acceptors (Lipinski definition) is 8. The van der Waals surface area contributed by atoms with Crippen LogP contribution in [0.5, 0.6) is 17.2 Å². The number of esters is 3. The monoisotopic (exact) mass is 754 g/mol. The van der Waals surface area contributed by atoms with Gasteiger partial charge in [0.2, 0.25) is 0 Å². The number of fused-ring (bicyclic) bond motifs is 2. The number of nitrogens with zero attached hydrogens (tertiary/aromatic N) is 2. The van der Waals surface area contributed by atoms with Crippen LogP contribution in [0, 0.1) is 0 Å². The molecular weight excluding hydrogens is 724 g/mol. The molecule has 0 atom stereocenters. The summed E-state index contributed by atoms with van der Waals surface area (Å²) < 4.78 is 33.5. The fourth-order valence-electron chi connectivity index (χ4n) is 5.34. The van der Waals surface area contributed by atoms with E-state index < -0.39 is 17.9 Å². The number of halogens is 2. The molecule has 0 aliphatic rings. The Kier molecular flexibility index (Phi) is 10.1. The van der Waals surface area contributed by atoms with Crippen molar-refractivity contribution in [1.29, 1.82) is 0 Å². The van der Waals surface area contributed by atoms with E-state index in [4.69, 9.17) is 23.7 Å². The minimum atomic E-state index is -0.534. The molecule has 0 saturated carbocycles. The maximum Gasteiger partial charge on any atom is 0.340 e. The molecule has 0 fully saturated rings. The Morgan fingerprint density at radius 1 is 0.696 bits per heavy atom.